The molecule has 0 aromatic rings. The van der Waals surface area contributed by atoms with Crippen molar-refractivity contribution in [2.75, 3.05) is 6.54 Å². The summed E-state index contributed by atoms with van der Waals surface area (Å²) in [6, 6.07) is -0.102. The van der Waals surface area contributed by atoms with Crippen molar-refractivity contribution in [3.63, 3.8) is 0 Å². The normalized spacial score (nSPS) is 11.8. The van der Waals surface area contributed by atoms with E-state index in [0.717, 1.165) is 13.0 Å². The SMILES string of the molecule is CCCNC(C)[C-]=O.[Y+3]. The zero-order valence-corrected chi connectivity index (χ0v) is 8.82. The van der Waals surface area contributed by atoms with Gasteiger partial charge in [-0.2, -0.15) is 0 Å². The van der Waals surface area contributed by atoms with Crippen LogP contribution in [0.4, 0.5) is 0 Å². The van der Waals surface area contributed by atoms with Crippen molar-refractivity contribution in [2.24, 2.45) is 0 Å². The molecule has 0 saturated carbocycles. The Balaban J connectivity index is 0. The standard InChI is InChI=1S/C6H12NO.Y/c1-3-4-7-6(2)5-8;/h6-7H,3-4H2,1-2H3;/q-1;+3. The first-order chi connectivity index (χ1) is 3.81. The minimum absolute atomic E-state index is 0. The van der Waals surface area contributed by atoms with Crippen LogP contribution in [-0.2, 0) is 37.5 Å². The molecular formula is C6H12NOY+2. The smallest absolute Gasteiger partial charge is 0.540 e. The molecule has 0 aromatic heterocycles. The second kappa shape index (κ2) is 8.73. The molecule has 1 atom stereocenters. The van der Waals surface area contributed by atoms with E-state index in [2.05, 4.69) is 12.2 Å². The Labute approximate surface area is 81.7 Å². The quantitative estimate of drug-likeness (QED) is 0.673. The van der Waals surface area contributed by atoms with Crippen LogP contribution in [0.3, 0.4) is 0 Å². The molecule has 0 fully saturated rings. The van der Waals surface area contributed by atoms with E-state index in [0.29, 0.717) is 0 Å². The maximum atomic E-state index is 9.82. The van der Waals surface area contributed by atoms with Crippen LogP contribution in [0.15, 0.2) is 0 Å². The third-order valence-corrected chi connectivity index (χ3v) is 0.877. The summed E-state index contributed by atoms with van der Waals surface area (Å²) in [6.45, 7) is 4.75. The average molecular weight is 203 g/mol. The third kappa shape index (κ3) is 8.73. The predicted molar refractivity (Wildman–Crippen MR) is 33.4 cm³/mol. The summed E-state index contributed by atoms with van der Waals surface area (Å²) in [4.78, 5) is 9.82. The number of nitrogens with one attached hydrogen (secondary N) is 1. The maximum absolute atomic E-state index is 9.82. The zero-order chi connectivity index (χ0) is 6.41. The Kier molecular flexibility index (Phi) is 12.0. The van der Waals surface area contributed by atoms with Crippen molar-refractivity contribution < 1.29 is 37.5 Å². The summed E-state index contributed by atoms with van der Waals surface area (Å²) in [5.74, 6) is 0. The molecule has 0 aliphatic rings. The Hall–Kier alpha value is 0.734. The van der Waals surface area contributed by atoms with Gasteiger partial charge in [-0.25, -0.2) is 6.29 Å². The Morgan fingerprint density at radius 1 is 1.67 bits per heavy atom. The van der Waals surface area contributed by atoms with Gasteiger partial charge in [0.15, 0.2) is 0 Å². The fourth-order valence-corrected chi connectivity index (χ4v) is 0.403. The molecule has 0 saturated heterocycles. The fourth-order valence-electron chi connectivity index (χ4n) is 0.403. The summed E-state index contributed by atoms with van der Waals surface area (Å²) in [7, 11) is 0. The summed E-state index contributed by atoms with van der Waals surface area (Å²) in [6.07, 6.45) is 2.90. The molecule has 0 heterocycles. The van der Waals surface area contributed by atoms with Gasteiger partial charge < -0.3 is 10.1 Å². The van der Waals surface area contributed by atoms with Crippen molar-refractivity contribution >= 4 is 6.29 Å². The molecule has 0 bridgehead atoms. The van der Waals surface area contributed by atoms with Crippen LogP contribution >= 0.6 is 0 Å². The van der Waals surface area contributed by atoms with Gasteiger partial charge in [-0.05, 0) is 13.0 Å². The monoisotopic (exact) mass is 203 g/mol. The zero-order valence-electron chi connectivity index (χ0n) is 5.98. The maximum Gasteiger partial charge on any atom is 3.00 e. The van der Waals surface area contributed by atoms with Crippen molar-refractivity contribution in [3.05, 3.63) is 0 Å². The molecular weight excluding hydrogens is 191 g/mol. The summed E-state index contributed by atoms with van der Waals surface area (Å²) >= 11 is 0. The van der Waals surface area contributed by atoms with E-state index >= 15 is 0 Å². The molecule has 0 spiro atoms. The van der Waals surface area contributed by atoms with Gasteiger partial charge in [0.25, 0.3) is 0 Å². The van der Waals surface area contributed by atoms with Gasteiger partial charge >= 0.3 is 32.7 Å². The first-order valence-electron chi connectivity index (χ1n) is 2.92. The largest absolute Gasteiger partial charge is 3.00 e. The average Bonchev–Trinajstić information content (AvgIpc) is 1.83. The fraction of sp³-hybridized carbons (Fsp3) is 0.833. The van der Waals surface area contributed by atoms with E-state index < -0.39 is 0 Å². The van der Waals surface area contributed by atoms with Crippen LogP contribution in [0, 0.1) is 0 Å². The molecule has 0 rings (SSSR count). The van der Waals surface area contributed by atoms with Crippen molar-refractivity contribution in [3.8, 4) is 0 Å². The van der Waals surface area contributed by atoms with Gasteiger partial charge in [0.1, 0.15) is 0 Å². The Morgan fingerprint density at radius 3 is 2.56 bits per heavy atom. The van der Waals surface area contributed by atoms with E-state index in [1.54, 1.807) is 6.92 Å². The van der Waals surface area contributed by atoms with Crippen molar-refractivity contribution in [1.29, 1.82) is 0 Å². The Bertz CT molecular complexity index is 68.1. The molecule has 48 valence electrons. The summed E-state index contributed by atoms with van der Waals surface area (Å²) < 4.78 is 0. The minimum atomic E-state index is -0.102. The molecule has 1 unspecified atom stereocenters. The predicted octanol–water partition coefficient (Wildman–Crippen LogP) is 0.482. The molecule has 9 heavy (non-hydrogen) atoms. The molecule has 3 heteroatoms. The minimum Gasteiger partial charge on any atom is -0.540 e. The molecule has 0 aliphatic carbocycles. The van der Waals surface area contributed by atoms with E-state index in [1.165, 1.54) is 0 Å². The molecule has 0 aromatic carbocycles. The first-order valence-corrected chi connectivity index (χ1v) is 2.92. The summed E-state index contributed by atoms with van der Waals surface area (Å²) in [5, 5.41) is 2.96. The van der Waals surface area contributed by atoms with Crippen molar-refractivity contribution in [2.45, 2.75) is 26.3 Å². The first kappa shape index (κ1) is 12.4. The molecule has 1 N–H and O–H groups in total. The number of carbonyl (C=O) groups excluding carboxylic acids is 1. The van der Waals surface area contributed by atoms with Crippen LogP contribution < -0.4 is 5.32 Å². The van der Waals surface area contributed by atoms with Crippen LogP contribution in [0.25, 0.3) is 0 Å². The van der Waals surface area contributed by atoms with Gasteiger partial charge in [-0.1, -0.05) is 19.9 Å². The topological polar surface area (TPSA) is 29.1 Å². The van der Waals surface area contributed by atoms with E-state index in [-0.39, 0.29) is 38.8 Å². The molecule has 0 amide bonds. The van der Waals surface area contributed by atoms with Gasteiger partial charge in [0.2, 0.25) is 0 Å². The van der Waals surface area contributed by atoms with E-state index in [1.807, 2.05) is 6.29 Å². The van der Waals surface area contributed by atoms with Crippen LogP contribution in [0.1, 0.15) is 20.3 Å². The van der Waals surface area contributed by atoms with Crippen LogP contribution in [-0.4, -0.2) is 18.9 Å². The number of hydrogen-bond donors (Lipinski definition) is 1. The molecule has 2 nitrogen and oxygen atoms in total. The van der Waals surface area contributed by atoms with Crippen LogP contribution in [0.2, 0.25) is 0 Å². The van der Waals surface area contributed by atoms with Crippen molar-refractivity contribution in [1.82, 2.24) is 5.32 Å². The van der Waals surface area contributed by atoms with Gasteiger partial charge in [0, 0.05) is 0 Å². The second-order valence-electron chi connectivity index (χ2n) is 1.79. The Morgan fingerprint density at radius 2 is 2.22 bits per heavy atom. The molecule has 0 radical (unpaired) electrons. The summed E-state index contributed by atoms with van der Waals surface area (Å²) in [5.41, 5.74) is 0. The van der Waals surface area contributed by atoms with E-state index in [4.69, 9.17) is 0 Å². The third-order valence-electron chi connectivity index (χ3n) is 0.877. The second-order valence-corrected chi connectivity index (χ2v) is 1.79. The van der Waals surface area contributed by atoms with Gasteiger partial charge in [-0.3, -0.25) is 0 Å². The number of rotatable bonds is 4. The van der Waals surface area contributed by atoms with Gasteiger partial charge in [-0.15, -0.1) is 0 Å². The van der Waals surface area contributed by atoms with E-state index in [9.17, 15) is 4.79 Å². The van der Waals surface area contributed by atoms with Crippen LogP contribution in [0.5, 0.6) is 0 Å². The van der Waals surface area contributed by atoms with Gasteiger partial charge in [0.05, 0.1) is 0 Å². The number of hydrogen-bond acceptors (Lipinski definition) is 2. The molecule has 0 aliphatic heterocycles.